The number of likely N-dealkylation sites (tertiary alicyclic amines) is 2. The van der Waals surface area contributed by atoms with Crippen LogP contribution in [0, 0.1) is 17.3 Å². The number of carbonyl (C=O) groups excluding carboxylic acids is 4. The van der Waals surface area contributed by atoms with Gasteiger partial charge in [0.1, 0.15) is 23.0 Å². The molecule has 2 aliphatic carbocycles. The van der Waals surface area contributed by atoms with E-state index in [1.54, 1.807) is 4.80 Å². The van der Waals surface area contributed by atoms with Gasteiger partial charge >= 0.3 is 0 Å². The Bertz CT molecular complexity index is 2000. The van der Waals surface area contributed by atoms with Crippen molar-refractivity contribution < 1.29 is 27.6 Å². The highest BCUT2D eigenvalue weighted by Gasteiger charge is 2.62. The number of piperidine rings is 1. The molecule has 1 unspecified atom stereocenters. The Morgan fingerprint density at radius 1 is 0.927 bits per heavy atom. The molecule has 2 aromatic carbocycles. The zero-order chi connectivity index (χ0) is 39.1. The molecule has 0 radical (unpaired) electrons. The average Bonchev–Trinajstić information content (AvgIpc) is 4.07. The van der Waals surface area contributed by atoms with Crippen molar-refractivity contribution in [1.29, 1.82) is 0 Å². The molecule has 4 fully saturated rings. The van der Waals surface area contributed by atoms with Gasteiger partial charge in [-0.05, 0) is 43.9 Å². The Morgan fingerprint density at radius 2 is 1.51 bits per heavy atom. The molecule has 14 heteroatoms. The van der Waals surface area contributed by atoms with Gasteiger partial charge in [-0.25, -0.2) is 8.42 Å². The first-order chi connectivity index (χ1) is 26.2. The van der Waals surface area contributed by atoms with Gasteiger partial charge in [-0.2, -0.15) is 15.0 Å². The molecular weight excluding hydrogens is 719 g/mol. The van der Waals surface area contributed by atoms with Crippen molar-refractivity contribution in [2.45, 2.75) is 95.0 Å². The second kappa shape index (κ2) is 15.0. The zero-order valence-electron chi connectivity index (χ0n) is 31.8. The van der Waals surface area contributed by atoms with Gasteiger partial charge < -0.3 is 15.1 Å². The normalized spacial score (nSPS) is 24.5. The van der Waals surface area contributed by atoms with Crippen molar-refractivity contribution in [1.82, 2.24) is 34.8 Å². The Kier molecular flexibility index (Phi) is 10.5. The third kappa shape index (κ3) is 7.96. The minimum absolute atomic E-state index is 0.00191. The van der Waals surface area contributed by atoms with Crippen molar-refractivity contribution in [3.8, 4) is 22.5 Å². The minimum Gasteiger partial charge on any atom is -0.343 e. The lowest BCUT2D eigenvalue weighted by atomic mass is 9.77. The molecule has 1 aromatic heterocycles. The molecule has 0 spiro atoms. The van der Waals surface area contributed by atoms with E-state index < -0.39 is 62.0 Å². The zero-order valence-corrected chi connectivity index (χ0v) is 32.6. The smallest absolute Gasteiger partial charge is 0.259 e. The highest BCUT2D eigenvalue weighted by Crippen LogP contribution is 2.46. The van der Waals surface area contributed by atoms with E-state index in [9.17, 15) is 27.6 Å². The van der Waals surface area contributed by atoms with E-state index in [4.69, 9.17) is 10.2 Å². The molecular formula is C41H51N7O6S. The van der Waals surface area contributed by atoms with Gasteiger partial charge in [-0.1, -0.05) is 87.5 Å². The van der Waals surface area contributed by atoms with Gasteiger partial charge in [0.15, 0.2) is 0 Å². The highest BCUT2D eigenvalue weighted by atomic mass is 32.2. The summed E-state index contributed by atoms with van der Waals surface area (Å²) in [6.45, 7) is 11.0. The van der Waals surface area contributed by atoms with E-state index in [2.05, 4.69) is 16.6 Å². The summed E-state index contributed by atoms with van der Waals surface area (Å²) in [5.41, 5.74) is 0.861. The Morgan fingerprint density at radius 3 is 2.02 bits per heavy atom. The number of aromatic nitrogens is 3. The molecule has 2 saturated carbocycles. The maximum atomic E-state index is 14.9. The number of benzene rings is 2. The molecule has 4 amide bonds. The fraction of sp³-hybridized carbons (Fsp3) is 0.512. The van der Waals surface area contributed by atoms with Gasteiger partial charge in [0.05, 0.1) is 17.2 Å². The van der Waals surface area contributed by atoms with E-state index in [0.717, 1.165) is 30.4 Å². The molecule has 2 saturated heterocycles. The molecule has 4 aliphatic rings. The molecule has 5 atom stereocenters. The van der Waals surface area contributed by atoms with E-state index in [-0.39, 0.29) is 37.6 Å². The number of hydrogen-bond acceptors (Lipinski definition) is 8. The van der Waals surface area contributed by atoms with E-state index in [0.29, 0.717) is 37.3 Å². The molecule has 2 N–H and O–H groups in total. The van der Waals surface area contributed by atoms with Crippen LogP contribution in [0.4, 0.5) is 0 Å². The SMILES string of the molecule is C=CC1C[C@]1(NC(=O)[C@@H]1C[C@@H](n2nc(-c3ccccc3)c(-c3ccccc3)n2)CN1C(=O)[C@@H](CC(=O)N1CCCCC1)C(C)(C)C)C(=O)NS(=O)(=O)C1CC1. The fourth-order valence-electron chi connectivity index (χ4n) is 7.97. The average molecular weight is 770 g/mol. The van der Waals surface area contributed by atoms with E-state index >= 15 is 0 Å². The number of carbonyl (C=O) groups is 4. The third-order valence-corrected chi connectivity index (χ3v) is 13.4. The van der Waals surface area contributed by atoms with E-state index in [1.165, 1.54) is 11.0 Å². The third-order valence-electron chi connectivity index (χ3n) is 11.6. The molecule has 3 aromatic rings. The number of nitrogens with zero attached hydrogens (tertiary/aromatic N) is 5. The van der Waals surface area contributed by atoms with Crippen LogP contribution in [0.5, 0.6) is 0 Å². The first-order valence-electron chi connectivity index (χ1n) is 19.4. The van der Waals surface area contributed by atoms with Gasteiger partial charge in [-0.3, -0.25) is 23.9 Å². The number of hydrogen-bond donors (Lipinski definition) is 2. The van der Waals surface area contributed by atoms with Crippen molar-refractivity contribution in [3.63, 3.8) is 0 Å². The predicted octanol–water partition coefficient (Wildman–Crippen LogP) is 4.49. The lowest BCUT2D eigenvalue weighted by molar-refractivity contribution is -0.148. The maximum absolute atomic E-state index is 14.9. The van der Waals surface area contributed by atoms with Crippen LogP contribution < -0.4 is 10.0 Å². The summed E-state index contributed by atoms with van der Waals surface area (Å²) >= 11 is 0. The van der Waals surface area contributed by atoms with Crippen LogP contribution in [0.15, 0.2) is 73.3 Å². The number of amides is 4. The second-order valence-electron chi connectivity index (χ2n) is 16.6. The molecule has 13 nitrogen and oxygen atoms in total. The monoisotopic (exact) mass is 769 g/mol. The first-order valence-corrected chi connectivity index (χ1v) is 20.9. The number of nitrogens with one attached hydrogen (secondary N) is 2. The van der Waals surface area contributed by atoms with Crippen LogP contribution in [-0.2, 0) is 29.2 Å². The maximum Gasteiger partial charge on any atom is 0.259 e. The van der Waals surface area contributed by atoms with Gasteiger partial charge in [0, 0.05) is 49.5 Å². The largest absolute Gasteiger partial charge is 0.343 e. The van der Waals surface area contributed by atoms with Crippen LogP contribution in [0.1, 0.15) is 78.2 Å². The van der Waals surface area contributed by atoms with Crippen molar-refractivity contribution in [2.24, 2.45) is 17.3 Å². The lowest BCUT2D eigenvalue weighted by Gasteiger charge is -2.36. The summed E-state index contributed by atoms with van der Waals surface area (Å²) in [7, 11) is -3.89. The van der Waals surface area contributed by atoms with Crippen LogP contribution in [-0.4, -0.2) is 93.3 Å². The Balaban J connectivity index is 1.22. The summed E-state index contributed by atoms with van der Waals surface area (Å²) in [5.74, 6) is -3.07. The second-order valence-corrected chi connectivity index (χ2v) is 18.6. The topological polar surface area (TPSA) is 164 Å². The first kappa shape index (κ1) is 38.4. The molecule has 3 heterocycles. The standard InChI is InChI=1S/C41H51N7O6S/c1-5-29-25-41(29,39(52)45-55(53,54)31-19-20-31)42-37(50)33-23-30(26-47(33)38(51)32(40(2,3)4)24-34(49)46-21-13-8-14-22-46)48-43-35(27-15-9-6-10-16-27)36(44-48)28-17-11-7-12-18-28/h5-7,9-12,15-18,29-33H,1,8,13-14,19-26H2,2-4H3,(H,42,50)(H,45,52)/t29?,30-,32-,33+,41-/m1/s1. The summed E-state index contributed by atoms with van der Waals surface area (Å²) < 4.78 is 27.8. The Labute approximate surface area is 323 Å². The van der Waals surface area contributed by atoms with Gasteiger partial charge in [0.2, 0.25) is 27.7 Å². The molecule has 55 heavy (non-hydrogen) atoms. The number of rotatable bonds is 12. The van der Waals surface area contributed by atoms with Crippen LogP contribution in [0.3, 0.4) is 0 Å². The summed E-state index contributed by atoms with van der Waals surface area (Å²) in [5, 5.41) is 12.2. The Hall–Kier alpha value is -4.85. The summed E-state index contributed by atoms with van der Waals surface area (Å²) in [4.78, 5) is 61.6. The van der Waals surface area contributed by atoms with Crippen LogP contribution in [0.2, 0.25) is 0 Å². The van der Waals surface area contributed by atoms with Crippen molar-refractivity contribution in [3.05, 3.63) is 73.3 Å². The molecule has 7 rings (SSSR count). The molecule has 2 aliphatic heterocycles. The van der Waals surface area contributed by atoms with Crippen LogP contribution >= 0.6 is 0 Å². The van der Waals surface area contributed by atoms with Gasteiger partial charge in [0.25, 0.3) is 5.91 Å². The quantitative estimate of drug-likeness (QED) is 0.255. The van der Waals surface area contributed by atoms with Crippen molar-refractivity contribution >= 4 is 33.7 Å². The predicted molar refractivity (Wildman–Crippen MR) is 207 cm³/mol. The molecule has 292 valence electrons. The van der Waals surface area contributed by atoms with E-state index in [1.807, 2.05) is 86.3 Å². The van der Waals surface area contributed by atoms with Gasteiger partial charge in [-0.15, -0.1) is 6.58 Å². The lowest BCUT2D eigenvalue weighted by Crippen LogP contribution is -2.57. The van der Waals surface area contributed by atoms with Crippen molar-refractivity contribution in [2.75, 3.05) is 19.6 Å². The number of sulfonamides is 1. The highest BCUT2D eigenvalue weighted by molar-refractivity contribution is 7.91. The van der Waals surface area contributed by atoms with Crippen LogP contribution in [0.25, 0.3) is 22.5 Å². The summed E-state index contributed by atoms with van der Waals surface area (Å²) in [6.07, 6.45) is 5.70. The summed E-state index contributed by atoms with van der Waals surface area (Å²) in [6, 6.07) is 17.8. The fourth-order valence-corrected chi connectivity index (χ4v) is 9.33. The molecule has 0 bridgehead atoms. The minimum atomic E-state index is -3.89.